The predicted octanol–water partition coefficient (Wildman–Crippen LogP) is 0.892. The zero-order chi connectivity index (χ0) is 12.1. The molecule has 1 saturated heterocycles. The lowest BCUT2D eigenvalue weighted by Crippen LogP contribution is -2.46. The Morgan fingerprint density at radius 3 is 2.65 bits per heavy atom. The number of aliphatic hydroxyl groups is 1. The Balaban J connectivity index is 1.68. The van der Waals surface area contributed by atoms with Crippen LogP contribution in [0.5, 0.6) is 0 Å². The Morgan fingerprint density at radius 2 is 1.94 bits per heavy atom. The van der Waals surface area contributed by atoms with E-state index in [2.05, 4.69) is 10.2 Å². The molecule has 0 spiro atoms. The van der Waals surface area contributed by atoms with E-state index < -0.39 is 0 Å². The van der Waals surface area contributed by atoms with Crippen LogP contribution in [-0.2, 0) is 4.79 Å². The second kappa shape index (κ2) is 6.36. The molecule has 0 aromatic rings. The maximum Gasteiger partial charge on any atom is 0.234 e. The highest BCUT2D eigenvalue weighted by Gasteiger charge is 2.21. The third-order valence-corrected chi connectivity index (χ3v) is 3.82. The van der Waals surface area contributed by atoms with Crippen molar-refractivity contribution >= 4 is 5.91 Å². The van der Waals surface area contributed by atoms with Crippen LogP contribution in [0, 0.1) is 0 Å². The van der Waals surface area contributed by atoms with Gasteiger partial charge in [0.25, 0.3) is 0 Å². The van der Waals surface area contributed by atoms with Crippen molar-refractivity contribution in [3.05, 3.63) is 0 Å². The highest BCUT2D eigenvalue weighted by atomic mass is 16.3. The third-order valence-electron chi connectivity index (χ3n) is 3.82. The fraction of sp³-hybridized carbons (Fsp3) is 0.923. The molecule has 0 radical (unpaired) electrons. The first-order chi connectivity index (χ1) is 8.24. The second-order valence-corrected chi connectivity index (χ2v) is 5.43. The van der Waals surface area contributed by atoms with E-state index in [4.69, 9.17) is 0 Å². The van der Waals surface area contributed by atoms with Crippen molar-refractivity contribution in [3.63, 3.8) is 0 Å². The molecule has 0 unspecified atom stereocenters. The Morgan fingerprint density at radius 1 is 1.18 bits per heavy atom. The van der Waals surface area contributed by atoms with Crippen LogP contribution in [0.4, 0.5) is 0 Å². The molecule has 1 heterocycles. The lowest BCUT2D eigenvalue weighted by molar-refractivity contribution is -0.123. The summed E-state index contributed by atoms with van der Waals surface area (Å²) in [6.07, 6.45) is 7.69. The summed E-state index contributed by atoms with van der Waals surface area (Å²) in [5.74, 6) is 0.131. The van der Waals surface area contributed by atoms with Crippen molar-refractivity contribution in [2.45, 2.75) is 57.1 Å². The van der Waals surface area contributed by atoms with Gasteiger partial charge in [-0.25, -0.2) is 0 Å². The average Bonchev–Trinajstić information content (AvgIpc) is 2.30. The molecule has 1 atom stereocenters. The fourth-order valence-corrected chi connectivity index (χ4v) is 2.90. The number of carbonyl (C=O) groups is 1. The van der Waals surface area contributed by atoms with E-state index in [1.165, 1.54) is 19.3 Å². The maximum atomic E-state index is 11.9. The minimum atomic E-state index is -0.244. The molecule has 2 N–H and O–H groups in total. The first kappa shape index (κ1) is 12.8. The van der Waals surface area contributed by atoms with Crippen LogP contribution in [-0.4, -0.2) is 47.7 Å². The summed E-state index contributed by atoms with van der Waals surface area (Å²) in [7, 11) is 0. The molecule has 0 aromatic carbocycles. The first-order valence-corrected chi connectivity index (χ1v) is 6.94. The molecule has 2 fully saturated rings. The van der Waals surface area contributed by atoms with E-state index in [1.54, 1.807) is 0 Å². The quantitative estimate of drug-likeness (QED) is 0.770. The van der Waals surface area contributed by atoms with Crippen LogP contribution < -0.4 is 5.32 Å². The Labute approximate surface area is 103 Å². The summed E-state index contributed by atoms with van der Waals surface area (Å²) < 4.78 is 0. The molecule has 4 nitrogen and oxygen atoms in total. The monoisotopic (exact) mass is 240 g/mol. The first-order valence-electron chi connectivity index (χ1n) is 6.94. The average molecular weight is 240 g/mol. The van der Waals surface area contributed by atoms with Crippen LogP contribution in [0.2, 0.25) is 0 Å². The summed E-state index contributed by atoms with van der Waals surface area (Å²) in [6.45, 7) is 2.04. The van der Waals surface area contributed by atoms with Gasteiger partial charge in [0, 0.05) is 12.6 Å². The van der Waals surface area contributed by atoms with E-state index in [-0.39, 0.29) is 12.0 Å². The lowest BCUT2D eigenvalue weighted by atomic mass is 9.95. The Kier molecular flexibility index (Phi) is 4.80. The van der Waals surface area contributed by atoms with Crippen molar-refractivity contribution in [3.8, 4) is 0 Å². The molecule has 98 valence electrons. The normalized spacial score (nSPS) is 27.9. The molecule has 2 rings (SSSR count). The summed E-state index contributed by atoms with van der Waals surface area (Å²) in [4.78, 5) is 13.9. The van der Waals surface area contributed by atoms with Crippen molar-refractivity contribution in [2.75, 3.05) is 19.6 Å². The number of hydrogen-bond donors (Lipinski definition) is 2. The molecule has 1 aliphatic heterocycles. The molecular weight excluding hydrogens is 216 g/mol. The van der Waals surface area contributed by atoms with Gasteiger partial charge in [-0.05, 0) is 32.2 Å². The Bertz CT molecular complexity index is 252. The molecule has 4 heteroatoms. The minimum absolute atomic E-state index is 0.131. The number of rotatable bonds is 3. The largest absolute Gasteiger partial charge is 0.392 e. The molecule has 1 aliphatic carbocycles. The van der Waals surface area contributed by atoms with E-state index in [9.17, 15) is 9.90 Å². The van der Waals surface area contributed by atoms with Crippen molar-refractivity contribution < 1.29 is 9.90 Å². The van der Waals surface area contributed by atoms with Gasteiger partial charge in [0.1, 0.15) is 0 Å². The van der Waals surface area contributed by atoms with Gasteiger partial charge in [0.15, 0.2) is 0 Å². The van der Waals surface area contributed by atoms with Gasteiger partial charge in [-0.15, -0.1) is 0 Å². The number of amides is 1. The number of carbonyl (C=O) groups excluding carboxylic acids is 1. The number of aliphatic hydroxyl groups excluding tert-OH is 1. The van der Waals surface area contributed by atoms with Gasteiger partial charge in [-0.3, -0.25) is 9.69 Å². The zero-order valence-corrected chi connectivity index (χ0v) is 10.5. The van der Waals surface area contributed by atoms with Gasteiger partial charge in [0.05, 0.1) is 12.6 Å². The summed E-state index contributed by atoms with van der Waals surface area (Å²) in [5, 5.41) is 12.7. The molecule has 17 heavy (non-hydrogen) atoms. The summed E-state index contributed by atoms with van der Waals surface area (Å²) in [5.41, 5.74) is 0. The second-order valence-electron chi connectivity index (χ2n) is 5.43. The molecule has 0 aromatic heterocycles. The van der Waals surface area contributed by atoms with Gasteiger partial charge >= 0.3 is 0 Å². The predicted molar refractivity (Wildman–Crippen MR) is 66.7 cm³/mol. The van der Waals surface area contributed by atoms with Gasteiger partial charge < -0.3 is 10.4 Å². The van der Waals surface area contributed by atoms with E-state index in [0.29, 0.717) is 19.1 Å². The maximum absolute atomic E-state index is 11.9. The van der Waals surface area contributed by atoms with E-state index in [1.807, 2.05) is 0 Å². The topological polar surface area (TPSA) is 52.6 Å². The van der Waals surface area contributed by atoms with Crippen molar-refractivity contribution in [2.24, 2.45) is 0 Å². The number of nitrogens with zero attached hydrogens (tertiary/aromatic N) is 1. The Hall–Kier alpha value is -0.610. The minimum Gasteiger partial charge on any atom is -0.392 e. The number of hydrogen-bond acceptors (Lipinski definition) is 3. The number of likely N-dealkylation sites (tertiary alicyclic amines) is 1. The molecular formula is C13H24N2O2. The van der Waals surface area contributed by atoms with Crippen molar-refractivity contribution in [1.29, 1.82) is 0 Å². The SMILES string of the molecule is O=C(CN1CCC[C@@H](O)C1)NC1CCCCC1. The molecule has 1 amide bonds. The molecule has 1 saturated carbocycles. The third kappa shape index (κ3) is 4.28. The smallest absolute Gasteiger partial charge is 0.234 e. The standard InChI is InChI=1S/C13H24N2O2/c16-12-7-4-8-15(9-12)10-13(17)14-11-5-2-1-3-6-11/h11-12,16H,1-10H2,(H,14,17)/t12-/m1/s1. The zero-order valence-electron chi connectivity index (χ0n) is 10.5. The van der Waals surface area contributed by atoms with Crippen molar-refractivity contribution in [1.82, 2.24) is 10.2 Å². The fourth-order valence-electron chi connectivity index (χ4n) is 2.90. The summed E-state index contributed by atoms with van der Waals surface area (Å²) in [6, 6.07) is 0.394. The number of nitrogens with one attached hydrogen (secondary N) is 1. The van der Waals surface area contributed by atoms with Gasteiger partial charge in [0.2, 0.25) is 5.91 Å². The van der Waals surface area contributed by atoms with E-state index >= 15 is 0 Å². The van der Waals surface area contributed by atoms with Gasteiger partial charge in [-0.1, -0.05) is 19.3 Å². The van der Waals surface area contributed by atoms with Gasteiger partial charge in [-0.2, -0.15) is 0 Å². The number of β-amino-alcohol motifs (C(OH)–C–C–N with tert-alkyl or cyclic N) is 1. The van der Waals surface area contributed by atoms with E-state index in [0.717, 1.165) is 32.2 Å². The number of piperidine rings is 1. The van der Waals surface area contributed by atoms with Crippen LogP contribution >= 0.6 is 0 Å². The van der Waals surface area contributed by atoms with Crippen LogP contribution in [0.1, 0.15) is 44.9 Å². The lowest BCUT2D eigenvalue weighted by Gasteiger charge is -2.30. The highest BCUT2D eigenvalue weighted by Crippen LogP contribution is 2.17. The molecule has 2 aliphatic rings. The van der Waals surface area contributed by atoms with Crippen LogP contribution in [0.15, 0.2) is 0 Å². The molecule has 0 bridgehead atoms. The van der Waals surface area contributed by atoms with Crippen LogP contribution in [0.25, 0.3) is 0 Å². The van der Waals surface area contributed by atoms with Crippen LogP contribution in [0.3, 0.4) is 0 Å². The summed E-state index contributed by atoms with van der Waals surface area (Å²) >= 11 is 0. The highest BCUT2D eigenvalue weighted by molar-refractivity contribution is 5.78.